The first-order valence-electron chi connectivity index (χ1n) is 6.61. The van der Waals surface area contributed by atoms with Crippen LogP contribution >= 0.6 is 15.9 Å². The van der Waals surface area contributed by atoms with Crippen molar-refractivity contribution in [2.75, 3.05) is 18.9 Å². The molecule has 0 amide bonds. The number of hydrogen-bond acceptors (Lipinski definition) is 5. The second-order valence-electron chi connectivity index (χ2n) is 4.79. The molecule has 2 heterocycles. The maximum absolute atomic E-state index is 10.4. The minimum atomic E-state index is -0.691. The lowest BCUT2D eigenvalue weighted by atomic mass is 10.0. The number of hydrogen-bond donors (Lipinski definition) is 2. The summed E-state index contributed by atoms with van der Waals surface area (Å²) >= 11 is 3.45. The summed E-state index contributed by atoms with van der Waals surface area (Å²) in [5.41, 5.74) is 7.37. The van der Waals surface area contributed by atoms with E-state index in [4.69, 9.17) is 15.2 Å². The largest absolute Gasteiger partial charge is 0.486 e. The molecule has 21 heavy (non-hydrogen) atoms. The van der Waals surface area contributed by atoms with E-state index in [1.54, 1.807) is 18.3 Å². The molecule has 6 heteroatoms. The number of pyridine rings is 1. The SMILES string of the molecule is Nc1ncccc1CC(O)c1cc(Br)c2c(c1)OCCO2. The van der Waals surface area contributed by atoms with Crippen LogP contribution in [0.4, 0.5) is 5.82 Å². The van der Waals surface area contributed by atoms with Gasteiger partial charge in [0.25, 0.3) is 0 Å². The summed E-state index contributed by atoms with van der Waals surface area (Å²) in [6.45, 7) is 1.04. The number of fused-ring (bicyclic) bond motifs is 1. The van der Waals surface area contributed by atoms with Crippen molar-refractivity contribution < 1.29 is 14.6 Å². The van der Waals surface area contributed by atoms with Crippen molar-refractivity contribution in [3.63, 3.8) is 0 Å². The highest BCUT2D eigenvalue weighted by Crippen LogP contribution is 2.40. The van der Waals surface area contributed by atoms with E-state index in [0.29, 0.717) is 37.0 Å². The number of anilines is 1. The van der Waals surface area contributed by atoms with Gasteiger partial charge in [-0.3, -0.25) is 0 Å². The predicted octanol–water partition coefficient (Wildman–Crippen LogP) is 2.47. The molecular weight excluding hydrogens is 336 g/mol. The van der Waals surface area contributed by atoms with Crippen LogP contribution in [-0.2, 0) is 6.42 Å². The molecule has 0 bridgehead atoms. The highest BCUT2D eigenvalue weighted by atomic mass is 79.9. The fourth-order valence-electron chi connectivity index (χ4n) is 2.27. The molecule has 1 aromatic carbocycles. The average Bonchev–Trinajstić information content (AvgIpc) is 2.49. The summed E-state index contributed by atoms with van der Waals surface area (Å²) in [5.74, 6) is 1.76. The van der Waals surface area contributed by atoms with Gasteiger partial charge in [-0.05, 0) is 45.3 Å². The van der Waals surface area contributed by atoms with E-state index in [1.807, 2.05) is 12.1 Å². The molecule has 1 aliphatic heterocycles. The van der Waals surface area contributed by atoms with E-state index in [0.717, 1.165) is 15.6 Å². The van der Waals surface area contributed by atoms with Crippen LogP contribution in [0.15, 0.2) is 34.9 Å². The van der Waals surface area contributed by atoms with Crippen LogP contribution in [0, 0.1) is 0 Å². The van der Waals surface area contributed by atoms with Gasteiger partial charge < -0.3 is 20.3 Å². The van der Waals surface area contributed by atoms with Gasteiger partial charge >= 0.3 is 0 Å². The summed E-state index contributed by atoms with van der Waals surface area (Å²) < 4.78 is 11.9. The van der Waals surface area contributed by atoms with Gasteiger partial charge in [0.2, 0.25) is 0 Å². The molecular formula is C15H15BrN2O3. The Morgan fingerprint density at radius 3 is 2.95 bits per heavy atom. The smallest absolute Gasteiger partial charge is 0.175 e. The quantitative estimate of drug-likeness (QED) is 0.888. The number of halogens is 1. The number of ether oxygens (including phenoxy) is 2. The number of rotatable bonds is 3. The van der Waals surface area contributed by atoms with E-state index in [1.165, 1.54) is 0 Å². The van der Waals surface area contributed by atoms with Gasteiger partial charge in [0.15, 0.2) is 11.5 Å². The van der Waals surface area contributed by atoms with Gasteiger partial charge in [0.1, 0.15) is 19.0 Å². The summed E-state index contributed by atoms with van der Waals surface area (Å²) in [6, 6.07) is 7.30. The Bertz CT molecular complexity index is 663. The second kappa shape index (κ2) is 5.91. The summed E-state index contributed by atoms with van der Waals surface area (Å²) in [6.07, 6.45) is 1.33. The Hall–Kier alpha value is -1.79. The monoisotopic (exact) mass is 350 g/mol. The fourth-order valence-corrected chi connectivity index (χ4v) is 2.85. The Morgan fingerprint density at radius 1 is 1.33 bits per heavy atom. The molecule has 110 valence electrons. The molecule has 0 radical (unpaired) electrons. The van der Waals surface area contributed by atoms with E-state index in [-0.39, 0.29) is 0 Å². The number of aliphatic hydroxyl groups is 1. The normalized spacial score (nSPS) is 14.8. The van der Waals surface area contributed by atoms with Crippen molar-refractivity contribution in [1.29, 1.82) is 0 Å². The Balaban J connectivity index is 1.86. The van der Waals surface area contributed by atoms with Crippen LogP contribution in [0.25, 0.3) is 0 Å². The van der Waals surface area contributed by atoms with Crippen LogP contribution in [0.5, 0.6) is 11.5 Å². The highest BCUT2D eigenvalue weighted by molar-refractivity contribution is 9.10. The first-order chi connectivity index (χ1) is 10.1. The van der Waals surface area contributed by atoms with Crippen molar-refractivity contribution in [3.05, 3.63) is 46.1 Å². The highest BCUT2D eigenvalue weighted by Gasteiger charge is 2.20. The molecule has 0 saturated heterocycles. The van der Waals surface area contributed by atoms with Gasteiger partial charge in [-0.15, -0.1) is 0 Å². The van der Waals surface area contributed by atoms with Gasteiger partial charge in [-0.1, -0.05) is 6.07 Å². The average molecular weight is 351 g/mol. The zero-order valence-electron chi connectivity index (χ0n) is 11.3. The molecule has 0 fully saturated rings. The lowest BCUT2D eigenvalue weighted by Gasteiger charge is -2.22. The summed E-state index contributed by atoms with van der Waals surface area (Å²) in [7, 11) is 0. The molecule has 1 aliphatic rings. The number of benzene rings is 1. The van der Waals surface area contributed by atoms with Gasteiger partial charge in [-0.25, -0.2) is 4.98 Å². The topological polar surface area (TPSA) is 77.6 Å². The fraction of sp³-hybridized carbons (Fsp3) is 0.267. The van der Waals surface area contributed by atoms with Crippen LogP contribution in [0.2, 0.25) is 0 Å². The maximum atomic E-state index is 10.4. The molecule has 3 N–H and O–H groups in total. The Kier molecular flexibility index (Phi) is 3.98. The van der Waals surface area contributed by atoms with E-state index in [9.17, 15) is 5.11 Å². The van der Waals surface area contributed by atoms with Crippen LogP contribution in [0.1, 0.15) is 17.2 Å². The van der Waals surface area contributed by atoms with Crippen LogP contribution < -0.4 is 15.2 Å². The number of aliphatic hydroxyl groups excluding tert-OH is 1. The van der Waals surface area contributed by atoms with Crippen molar-refractivity contribution in [1.82, 2.24) is 4.98 Å². The third-order valence-corrected chi connectivity index (χ3v) is 3.93. The number of nitrogens with two attached hydrogens (primary N) is 1. The van der Waals surface area contributed by atoms with Gasteiger partial charge in [0, 0.05) is 12.6 Å². The number of nitrogen functional groups attached to an aromatic ring is 1. The molecule has 5 nitrogen and oxygen atoms in total. The van der Waals surface area contributed by atoms with Crippen molar-refractivity contribution in [2.45, 2.75) is 12.5 Å². The molecule has 2 aromatic rings. The van der Waals surface area contributed by atoms with E-state index >= 15 is 0 Å². The molecule has 1 unspecified atom stereocenters. The molecule has 1 aromatic heterocycles. The van der Waals surface area contributed by atoms with Crippen molar-refractivity contribution >= 4 is 21.7 Å². The summed E-state index contributed by atoms with van der Waals surface area (Å²) in [5, 5.41) is 10.4. The summed E-state index contributed by atoms with van der Waals surface area (Å²) in [4.78, 5) is 4.03. The standard InChI is InChI=1S/C15H15BrN2O3/c16-11-6-10(8-13-14(11)21-5-4-20-13)12(19)7-9-2-1-3-18-15(9)17/h1-3,6,8,12,19H,4-5,7H2,(H2,17,18). The molecule has 0 spiro atoms. The third kappa shape index (κ3) is 2.96. The minimum Gasteiger partial charge on any atom is -0.486 e. The third-order valence-electron chi connectivity index (χ3n) is 3.34. The second-order valence-corrected chi connectivity index (χ2v) is 5.65. The maximum Gasteiger partial charge on any atom is 0.175 e. The lowest BCUT2D eigenvalue weighted by Crippen LogP contribution is -2.16. The zero-order valence-corrected chi connectivity index (χ0v) is 12.8. The molecule has 0 saturated carbocycles. The van der Waals surface area contributed by atoms with Gasteiger partial charge in [-0.2, -0.15) is 0 Å². The van der Waals surface area contributed by atoms with Crippen LogP contribution in [-0.4, -0.2) is 23.3 Å². The van der Waals surface area contributed by atoms with Crippen molar-refractivity contribution in [3.8, 4) is 11.5 Å². The number of aromatic nitrogens is 1. The number of nitrogens with zero attached hydrogens (tertiary/aromatic N) is 1. The first kappa shape index (κ1) is 14.2. The predicted molar refractivity (Wildman–Crippen MR) is 82.4 cm³/mol. The van der Waals surface area contributed by atoms with E-state index in [2.05, 4.69) is 20.9 Å². The Morgan fingerprint density at radius 2 is 2.14 bits per heavy atom. The van der Waals surface area contributed by atoms with Crippen molar-refractivity contribution in [2.24, 2.45) is 0 Å². The minimum absolute atomic E-state index is 0.395. The molecule has 1 atom stereocenters. The van der Waals surface area contributed by atoms with E-state index < -0.39 is 6.10 Å². The first-order valence-corrected chi connectivity index (χ1v) is 7.41. The zero-order chi connectivity index (χ0) is 14.8. The van der Waals surface area contributed by atoms with Gasteiger partial charge in [0.05, 0.1) is 10.6 Å². The Labute approximate surface area is 130 Å². The molecule has 0 aliphatic carbocycles. The van der Waals surface area contributed by atoms with Crippen LogP contribution in [0.3, 0.4) is 0 Å². The molecule has 3 rings (SSSR count). The lowest BCUT2D eigenvalue weighted by molar-refractivity contribution is 0.163.